The van der Waals surface area contributed by atoms with Gasteiger partial charge in [-0.25, -0.2) is 0 Å². The number of benzene rings is 1. The van der Waals surface area contributed by atoms with E-state index in [9.17, 15) is 9.90 Å². The second-order valence-electron chi connectivity index (χ2n) is 6.79. The zero-order chi connectivity index (χ0) is 15.5. The quantitative estimate of drug-likeness (QED) is 0.798. The number of hydrogen-bond donors (Lipinski definition) is 3. The summed E-state index contributed by atoms with van der Waals surface area (Å²) in [5.74, 6) is -0.0386. The van der Waals surface area contributed by atoms with Crippen molar-refractivity contribution in [2.75, 3.05) is 18.5 Å². The lowest BCUT2D eigenvalue weighted by molar-refractivity contribution is -0.124. The summed E-state index contributed by atoms with van der Waals surface area (Å²) in [5, 5.41) is 15.7. The third-order valence-electron chi connectivity index (χ3n) is 4.18. The van der Waals surface area contributed by atoms with Gasteiger partial charge in [-0.2, -0.15) is 0 Å². The Morgan fingerprint density at radius 3 is 2.81 bits per heavy atom. The molecule has 0 radical (unpaired) electrons. The van der Waals surface area contributed by atoms with Crippen LogP contribution < -0.4 is 10.6 Å². The monoisotopic (exact) mass is 290 g/mol. The zero-order valence-electron chi connectivity index (χ0n) is 13.1. The highest BCUT2D eigenvalue weighted by Gasteiger charge is 2.31. The second kappa shape index (κ2) is 6.48. The Morgan fingerprint density at radius 2 is 2.14 bits per heavy atom. The molecule has 1 amide bonds. The van der Waals surface area contributed by atoms with Crippen LogP contribution in [0.15, 0.2) is 24.3 Å². The number of anilines is 1. The first-order valence-electron chi connectivity index (χ1n) is 7.67. The number of fused-ring (bicyclic) bond motifs is 1. The molecule has 1 aromatic rings. The fraction of sp³-hybridized carbons (Fsp3) is 0.588. The Bertz CT molecular complexity index is 494. The van der Waals surface area contributed by atoms with Crippen LogP contribution >= 0.6 is 0 Å². The Hall–Kier alpha value is -1.55. The van der Waals surface area contributed by atoms with Gasteiger partial charge in [0.05, 0.1) is 5.92 Å². The number of aliphatic hydroxyl groups excluding tert-OH is 1. The summed E-state index contributed by atoms with van der Waals surface area (Å²) in [6.07, 6.45) is 1.39. The van der Waals surface area contributed by atoms with Crippen LogP contribution in [-0.4, -0.2) is 30.2 Å². The van der Waals surface area contributed by atoms with Crippen molar-refractivity contribution in [1.29, 1.82) is 0 Å². The van der Waals surface area contributed by atoms with Crippen molar-refractivity contribution < 1.29 is 9.90 Å². The van der Waals surface area contributed by atoms with Crippen LogP contribution in [0.2, 0.25) is 0 Å². The lowest BCUT2D eigenvalue weighted by Gasteiger charge is -2.34. The van der Waals surface area contributed by atoms with E-state index in [2.05, 4.69) is 31.4 Å². The van der Waals surface area contributed by atoms with Crippen LogP contribution in [0.25, 0.3) is 0 Å². The Kier molecular flexibility index (Phi) is 4.88. The van der Waals surface area contributed by atoms with Crippen molar-refractivity contribution in [3.63, 3.8) is 0 Å². The summed E-state index contributed by atoms with van der Waals surface area (Å²) < 4.78 is 0. The first-order valence-corrected chi connectivity index (χ1v) is 7.67. The largest absolute Gasteiger partial charge is 0.396 e. The van der Waals surface area contributed by atoms with Crippen LogP contribution in [0, 0.1) is 5.41 Å². The van der Waals surface area contributed by atoms with Gasteiger partial charge < -0.3 is 15.7 Å². The molecule has 0 fully saturated rings. The molecule has 1 aromatic carbocycles. The molecule has 116 valence electrons. The smallest absolute Gasteiger partial charge is 0.227 e. The van der Waals surface area contributed by atoms with Gasteiger partial charge >= 0.3 is 0 Å². The fourth-order valence-electron chi connectivity index (χ4n) is 2.86. The van der Waals surface area contributed by atoms with E-state index in [1.807, 2.05) is 24.3 Å². The third kappa shape index (κ3) is 3.76. The first-order chi connectivity index (χ1) is 9.93. The predicted octanol–water partition coefficient (Wildman–Crippen LogP) is 2.50. The predicted molar refractivity (Wildman–Crippen MR) is 85.4 cm³/mol. The molecule has 2 rings (SSSR count). The molecule has 4 heteroatoms. The molecule has 0 spiro atoms. The minimum atomic E-state index is -0.106. The number of aliphatic hydroxyl groups is 1. The van der Waals surface area contributed by atoms with Crippen molar-refractivity contribution >= 4 is 11.6 Å². The highest BCUT2D eigenvalue weighted by Crippen LogP contribution is 2.32. The van der Waals surface area contributed by atoms with E-state index in [4.69, 9.17) is 0 Å². The van der Waals surface area contributed by atoms with Crippen LogP contribution in [0.3, 0.4) is 0 Å². The summed E-state index contributed by atoms with van der Waals surface area (Å²) >= 11 is 0. The van der Waals surface area contributed by atoms with E-state index in [1.54, 1.807) is 0 Å². The molecule has 0 aliphatic carbocycles. The maximum absolute atomic E-state index is 12.7. The molecule has 2 atom stereocenters. The third-order valence-corrected chi connectivity index (χ3v) is 4.18. The summed E-state index contributed by atoms with van der Waals surface area (Å²) in [6, 6.07) is 7.97. The van der Waals surface area contributed by atoms with Gasteiger partial charge in [0, 0.05) is 24.9 Å². The molecule has 4 nitrogen and oxygen atoms in total. The lowest BCUT2D eigenvalue weighted by atomic mass is 9.83. The van der Waals surface area contributed by atoms with Gasteiger partial charge in [-0.15, -0.1) is 0 Å². The van der Waals surface area contributed by atoms with E-state index >= 15 is 0 Å². The molecule has 3 N–H and O–H groups in total. The number of carbonyl (C=O) groups is 1. The van der Waals surface area contributed by atoms with Gasteiger partial charge in [0.25, 0.3) is 0 Å². The van der Waals surface area contributed by atoms with Crippen molar-refractivity contribution in [2.24, 2.45) is 5.41 Å². The van der Waals surface area contributed by atoms with Gasteiger partial charge in [-0.3, -0.25) is 4.79 Å². The SMILES string of the molecule is CC(C)(C)C(CCO)NC(=O)C1CCNc2ccccc21. The van der Waals surface area contributed by atoms with Crippen LogP contribution in [0.5, 0.6) is 0 Å². The highest BCUT2D eigenvalue weighted by molar-refractivity contribution is 5.86. The lowest BCUT2D eigenvalue weighted by Crippen LogP contribution is -2.46. The molecule has 0 saturated carbocycles. The molecule has 0 aromatic heterocycles. The molecule has 2 unspecified atom stereocenters. The first kappa shape index (κ1) is 15.8. The van der Waals surface area contributed by atoms with E-state index in [0.717, 1.165) is 24.2 Å². The van der Waals surface area contributed by atoms with E-state index in [-0.39, 0.29) is 29.9 Å². The zero-order valence-corrected chi connectivity index (χ0v) is 13.1. The second-order valence-corrected chi connectivity index (χ2v) is 6.79. The maximum atomic E-state index is 12.7. The molecular formula is C17H26N2O2. The van der Waals surface area contributed by atoms with Crippen LogP contribution in [-0.2, 0) is 4.79 Å². The Morgan fingerprint density at radius 1 is 1.43 bits per heavy atom. The summed E-state index contributed by atoms with van der Waals surface area (Å²) in [4.78, 5) is 12.7. The number of carbonyl (C=O) groups excluding carboxylic acids is 1. The number of rotatable bonds is 4. The molecule has 0 bridgehead atoms. The minimum Gasteiger partial charge on any atom is -0.396 e. The maximum Gasteiger partial charge on any atom is 0.227 e. The van der Waals surface area contributed by atoms with Gasteiger partial charge in [0.1, 0.15) is 0 Å². The average molecular weight is 290 g/mol. The van der Waals surface area contributed by atoms with Crippen molar-refractivity contribution in [3.8, 4) is 0 Å². The van der Waals surface area contributed by atoms with Crippen molar-refractivity contribution in [1.82, 2.24) is 5.32 Å². The number of para-hydroxylation sites is 1. The summed E-state index contributed by atoms with van der Waals surface area (Å²) in [5.41, 5.74) is 2.06. The van der Waals surface area contributed by atoms with Crippen LogP contribution in [0.4, 0.5) is 5.69 Å². The molecular weight excluding hydrogens is 264 g/mol. The molecule has 1 aliphatic heterocycles. The van der Waals surface area contributed by atoms with E-state index in [0.29, 0.717) is 6.42 Å². The molecule has 0 saturated heterocycles. The Labute approximate surface area is 126 Å². The number of nitrogens with one attached hydrogen (secondary N) is 2. The molecule has 21 heavy (non-hydrogen) atoms. The average Bonchev–Trinajstić information content (AvgIpc) is 2.45. The minimum absolute atomic E-state index is 0.0166. The Balaban J connectivity index is 2.14. The van der Waals surface area contributed by atoms with Crippen LogP contribution in [0.1, 0.15) is 45.1 Å². The van der Waals surface area contributed by atoms with Crippen molar-refractivity contribution in [3.05, 3.63) is 29.8 Å². The topological polar surface area (TPSA) is 61.4 Å². The van der Waals surface area contributed by atoms with Gasteiger partial charge in [-0.1, -0.05) is 39.0 Å². The van der Waals surface area contributed by atoms with Gasteiger partial charge in [0.2, 0.25) is 5.91 Å². The number of hydrogen-bond acceptors (Lipinski definition) is 3. The molecule has 1 heterocycles. The number of amides is 1. The van der Waals surface area contributed by atoms with Gasteiger partial charge in [-0.05, 0) is 29.9 Å². The fourth-order valence-corrected chi connectivity index (χ4v) is 2.86. The standard InChI is InChI=1S/C17H26N2O2/c1-17(2,3)15(9-11-20)19-16(21)13-8-10-18-14-7-5-4-6-12(13)14/h4-7,13,15,18,20H,8-11H2,1-3H3,(H,19,21). The van der Waals surface area contributed by atoms with E-state index in [1.165, 1.54) is 0 Å². The van der Waals surface area contributed by atoms with Gasteiger partial charge in [0.15, 0.2) is 0 Å². The molecule has 1 aliphatic rings. The van der Waals surface area contributed by atoms with E-state index < -0.39 is 0 Å². The highest BCUT2D eigenvalue weighted by atomic mass is 16.3. The van der Waals surface area contributed by atoms with Crippen molar-refractivity contribution in [2.45, 2.75) is 45.6 Å². The summed E-state index contributed by atoms with van der Waals surface area (Å²) in [6.45, 7) is 7.16. The summed E-state index contributed by atoms with van der Waals surface area (Å²) in [7, 11) is 0. The normalized spacial score (nSPS) is 19.3.